The Morgan fingerprint density at radius 3 is 1.83 bits per heavy atom. The van der Waals surface area contributed by atoms with Crippen LogP contribution in [0.5, 0.6) is 0 Å². The molecule has 1 fully saturated rings. The van der Waals surface area contributed by atoms with Crippen molar-refractivity contribution in [1.29, 1.82) is 0 Å². The van der Waals surface area contributed by atoms with Gasteiger partial charge in [0.25, 0.3) is 8.32 Å². The lowest BCUT2D eigenvalue weighted by Gasteiger charge is -2.41. The molecule has 0 spiro atoms. The first kappa shape index (κ1) is 17.4. The van der Waals surface area contributed by atoms with E-state index in [0.717, 1.165) is 22.7 Å². The van der Waals surface area contributed by atoms with Crippen LogP contribution >= 0.6 is 0 Å². The Bertz CT molecular complexity index is 592. The molecule has 0 radical (unpaired) electrons. The highest BCUT2D eigenvalue weighted by atomic mass is 28.4. The Labute approximate surface area is 147 Å². The van der Waals surface area contributed by atoms with E-state index >= 15 is 0 Å². The molecule has 1 aliphatic rings. The molecule has 1 N–H and O–H groups in total. The van der Waals surface area contributed by atoms with Crippen molar-refractivity contribution in [3.63, 3.8) is 0 Å². The monoisotopic (exact) mass is 338 g/mol. The molecule has 2 heteroatoms. The van der Waals surface area contributed by atoms with E-state index < -0.39 is 8.32 Å². The Kier molecular flexibility index (Phi) is 5.26. The first-order valence-corrected chi connectivity index (χ1v) is 11.3. The van der Waals surface area contributed by atoms with Gasteiger partial charge in [-0.25, -0.2) is 0 Å². The minimum Gasteiger partial charge on any atom is -0.424 e. The highest BCUT2D eigenvalue weighted by molar-refractivity contribution is 6.98. The second kappa shape index (κ2) is 7.24. The molecule has 1 saturated carbocycles. The first-order valence-electron chi connectivity index (χ1n) is 9.37. The molecule has 24 heavy (non-hydrogen) atoms. The zero-order valence-electron chi connectivity index (χ0n) is 15.0. The van der Waals surface area contributed by atoms with Crippen LogP contribution in [0.4, 0.5) is 0 Å². The summed E-state index contributed by atoms with van der Waals surface area (Å²) < 4.78 is 0. The maximum Gasteiger partial charge on any atom is 0.258 e. The van der Waals surface area contributed by atoms with E-state index in [9.17, 15) is 4.80 Å². The molecule has 0 heterocycles. The summed E-state index contributed by atoms with van der Waals surface area (Å²) in [6.07, 6.45) is 7.90. The lowest BCUT2D eigenvalue weighted by atomic mass is 9.81. The molecule has 2 aromatic rings. The molecule has 128 valence electrons. The predicted octanol–water partition coefficient (Wildman–Crippen LogP) is 4.49. The summed E-state index contributed by atoms with van der Waals surface area (Å²) >= 11 is 0. The molecule has 0 aliphatic heterocycles. The van der Waals surface area contributed by atoms with Gasteiger partial charge in [-0.1, -0.05) is 107 Å². The van der Waals surface area contributed by atoms with Crippen molar-refractivity contribution >= 4 is 18.7 Å². The molecule has 0 amide bonds. The summed E-state index contributed by atoms with van der Waals surface area (Å²) in [4.78, 5) is 12.1. The van der Waals surface area contributed by atoms with Gasteiger partial charge in [0.2, 0.25) is 0 Å². The van der Waals surface area contributed by atoms with Gasteiger partial charge in [0, 0.05) is 0 Å². The van der Waals surface area contributed by atoms with E-state index in [1.165, 1.54) is 32.1 Å². The van der Waals surface area contributed by atoms with Gasteiger partial charge in [-0.3, -0.25) is 0 Å². The summed E-state index contributed by atoms with van der Waals surface area (Å²) in [6, 6.07) is 20.8. The van der Waals surface area contributed by atoms with Crippen molar-refractivity contribution in [2.45, 2.75) is 57.4 Å². The molecule has 3 rings (SSSR count). The van der Waals surface area contributed by atoms with Gasteiger partial charge in [0.05, 0.1) is 0 Å². The van der Waals surface area contributed by atoms with Gasteiger partial charge >= 0.3 is 0 Å². The molecular weight excluding hydrogens is 308 g/mol. The maximum absolute atomic E-state index is 12.1. The van der Waals surface area contributed by atoms with Crippen LogP contribution in [0.1, 0.15) is 52.4 Å². The highest BCUT2D eigenvalue weighted by Gasteiger charge is 2.49. The average Bonchev–Trinajstić information content (AvgIpc) is 2.58. The standard InChI is InChI=1S/C22H30OSi/c1-22(2,18-10-13-19-11-9-12-19)24(23,20-14-5-3-6-15-20)21-16-7-4-8-17-21/h3-8,14-17,19,23H,9-13,18H2,1-2H3. The van der Waals surface area contributed by atoms with Crippen molar-refractivity contribution in [3.05, 3.63) is 60.7 Å². The van der Waals surface area contributed by atoms with Crippen LogP contribution in [0, 0.1) is 5.92 Å². The van der Waals surface area contributed by atoms with E-state index in [1.54, 1.807) is 0 Å². The number of benzene rings is 2. The predicted molar refractivity (Wildman–Crippen MR) is 105 cm³/mol. The second-order valence-corrected chi connectivity index (χ2v) is 11.9. The lowest BCUT2D eigenvalue weighted by Crippen LogP contribution is -2.65. The fourth-order valence-electron chi connectivity index (χ4n) is 4.10. The number of hydrogen-bond donors (Lipinski definition) is 1. The summed E-state index contributed by atoms with van der Waals surface area (Å²) in [5.74, 6) is 0.948. The van der Waals surface area contributed by atoms with E-state index in [2.05, 4.69) is 62.4 Å². The second-order valence-electron chi connectivity index (χ2n) is 8.02. The average molecular weight is 339 g/mol. The number of rotatable bonds is 7. The van der Waals surface area contributed by atoms with E-state index in [-0.39, 0.29) is 5.04 Å². The van der Waals surface area contributed by atoms with E-state index in [0.29, 0.717) is 0 Å². The van der Waals surface area contributed by atoms with Gasteiger partial charge in [0.15, 0.2) is 0 Å². The maximum atomic E-state index is 12.1. The van der Waals surface area contributed by atoms with Crippen LogP contribution in [0.2, 0.25) is 5.04 Å². The van der Waals surface area contributed by atoms with Crippen molar-refractivity contribution in [2.75, 3.05) is 0 Å². The summed E-state index contributed by atoms with van der Waals surface area (Å²) in [5.41, 5.74) is 0. The Balaban J connectivity index is 1.88. The van der Waals surface area contributed by atoms with Crippen LogP contribution in [0.3, 0.4) is 0 Å². The third-order valence-corrected chi connectivity index (χ3v) is 10.5. The molecule has 1 aliphatic carbocycles. The van der Waals surface area contributed by atoms with Crippen LogP contribution < -0.4 is 10.4 Å². The smallest absolute Gasteiger partial charge is 0.258 e. The SMILES string of the molecule is CC(C)(CCCC1CCC1)[Si](O)(c1ccccc1)c1ccccc1. The van der Waals surface area contributed by atoms with E-state index in [4.69, 9.17) is 0 Å². The van der Waals surface area contributed by atoms with Gasteiger partial charge in [-0.15, -0.1) is 0 Å². The van der Waals surface area contributed by atoms with Crippen LogP contribution in [0.25, 0.3) is 0 Å². The number of hydrogen-bond acceptors (Lipinski definition) is 1. The Morgan fingerprint density at radius 1 is 0.917 bits per heavy atom. The zero-order chi connectivity index (χ0) is 17.0. The zero-order valence-corrected chi connectivity index (χ0v) is 16.0. The highest BCUT2D eigenvalue weighted by Crippen LogP contribution is 2.41. The third kappa shape index (κ3) is 3.36. The summed E-state index contributed by atoms with van der Waals surface area (Å²) in [7, 11) is -2.79. The fourth-order valence-corrected chi connectivity index (χ4v) is 7.89. The summed E-state index contributed by atoms with van der Waals surface area (Å²) in [6.45, 7) is 4.56. The molecule has 0 atom stereocenters. The van der Waals surface area contributed by atoms with Crippen molar-refractivity contribution in [3.8, 4) is 0 Å². The van der Waals surface area contributed by atoms with Crippen LogP contribution in [-0.4, -0.2) is 13.1 Å². The summed E-state index contributed by atoms with van der Waals surface area (Å²) in [5, 5.41) is 2.18. The van der Waals surface area contributed by atoms with Crippen LogP contribution in [0.15, 0.2) is 60.7 Å². The molecule has 0 bridgehead atoms. The van der Waals surface area contributed by atoms with Crippen molar-refractivity contribution < 1.29 is 4.80 Å². The topological polar surface area (TPSA) is 20.2 Å². The Morgan fingerprint density at radius 2 is 1.42 bits per heavy atom. The lowest BCUT2D eigenvalue weighted by molar-refractivity contribution is 0.281. The minimum atomic E-state index is -2.79. The van der Waals surface area contributed by atoms with Gasteiger partial charge in [-0.2, -0.15) is 0 Å². The molecule has 2 aromatic carbocycles. The van der Waals surface area contributed by atoms with Crippen molar-refractivity contribution in [1.82, 2.24) is 0 Å². The molecule has 0 saturated heterocycles. The third-order valence-electron chi connectivity index (χ3n) is 6.00. The van der Waals surface area contributed by atoms with Gasteiger partial charge in [0.1, 0.15) is 0 Å². The first-order chi connectivity index (χ1) is 11.5. The van der Waals surface area contributed by atoms with Gasteiger partial charge < -0.3 is 4.80 Å². The molecule has 0 aromatic heterocycles. The Hall–Kier alpha value is -1.38. The van der Waals surface area contributed by atoms with Crippen molar-refractivity contribution in [2.24, 2.45) is 5.92 Å². The minimum absolute atomic E-state index is 0.0839. The molecular formula is C22H30OSi. The van der Waals surface area contributed by atoms with Crippen LogP contribution in [-0.2, 0) is 0 Å². The normalized spacial score (nSPS) is 16.0. The molecule has 0 unspecified atom stereocenters. The van der Waals surface area contributed by atoms with E-state index in [1.807, 2.05) is 12.1 Å². The quantitative estimate of drug-likeness (QED) is 0.738. The van der Waals surface area contributed by atoms with Gasteiger partial charge in [-0.05, 0) is 27.8 Å². The fraction of sp³-hybridized carbons (Fsp3) is 0.455. The largest absolute Gasteiger partial charge is 0.424 e. The molecule has 1 nitrogen and oxygen atoms in total.